The summed E-state index contributed by atoms with van der Waals surface area (Å²) in [4.78, 5) is 27.3. The third-order valence-electron chi connectivity index (χ3n) is 7.07. The van der Waals surface area contributed by atoms with Gasteiger partial charge in [-0.2, -0.15) is 0 Å². The SMILES string of the molecule is CCOc1cc(C(CC(N)=O)N2Cc3cc4ccccc4cc3C2=O)ccc1OC1CCCCC1. The van der Waals surface area contributed by atoms with Gasteiger partial charge in [0.15, 0.2) is 11.5 Å². The zero-order valence-electron chi connectivity index (χ0n) is 20.2. The third-order valence-corrected chi connectivity index (χ3v) is 7.07. The highest BCUT2D eigenvalue weighted by Gasteiger charge is 2.35. The van der Waals surface area contributed by atoms with Crippen LogP contribution in [-0.4, -0.2) is 29.4 Å². The lowest BCUT2D eigenvalue weighted by Gasteiger charge is -2.29. The summed E-state index contributed by atoms with van der Waals surface area (Å²) in [6, 6.07) is 17.3. The topological polar surface area (TPSA) is 81.9 Å². The molecule has 2 aliphatic rings. The molecule has 5 rings (SSSR count). The molecule has 3 aromatic carbocycles. The number of amides is 2. The molecule has 2 amide bonds. The van der Waals surface area contributed by atoms with Gasteiger partial charge in [-0.15, -0.1) is 0 Å². The average Bonchev–Trinajstić information content (AvgIpc) is 3.18. The quantitative estimate of drug-likeness (QED) is 0.468. The number of nitrogens with zero attached hydrogens (tertiary/aromatic N) is 1. The van der Waals surface area contributed by atoms with E-state index in [0.29, 0.717) is 30.2 Å². The van der Waals surface area contributed by atoms with Crippen LogP contribution in [0.4, 0.5) is 0 Å². The number of carbonyl (C=O) groups excluding carboxylic acids is 2. The van der Waals surface area contributed by atoms with Crippen molar-refractivity contribution < 1.29 is 19.1 Å². The Labute approximate surface area is 206 Å². The molecule has 182 valence electrons. The van der Waals surface area contributed by atoms with E-state index in [1.54, 1.807) is 4.90 Å². The molecule has 6 nitrogen and oxygen atoms in total. The maximum Gasteiger partial charge on any atom is 0.255 e. The van der Waals surface area contributed by atoms with Crippen molar-refractivity contribution in [2.75, 3.05) is 6.61 Å². The second-order valence-electron chi connectivity index (χ2n) is 9.49. The first-order valence-electron chi connectivity index (χ1n) is 12.6. The summed E-state index contributed by atoms with van der Waals surface area (Å²) in [6.07, 6.45) is 5.94. The Kier molecular flexibility index (Phi) is 6.62. The molecule has 3 aromatic rings. The van der Waals surface area contributed by atoms with E-state index in [0.717, 1.165) is 34.7 Å². The van der Waals surface area contributed by atoms with Crippen molar-refractivity contribution in [3.05, 3.63) is 71.3 Å². The number of hydrogen-bond acceptors (Lipinski definition) is 4. The minimum absolute atomic E-state index is 0.0354. The monoisotopic (exact) mass is 472 g/mol. The van der Waals surface area contributed by atoms with Crippen molar-refractivity contribution in [3.8, 4) is 11.5 Å². The van der Waals surface area contributed by atoms with Crippen LogP contribution in [0.3, 0.4) is 0 Å². The van der Waals surface area contributed by atoms with Crippen LogP contribution in [0.5, 0.6) is 11.5 Å². The van der Waals surface area contributed by atoms with Gasteiger partial charge in [-0.25, -0.2) is 0 Å². The van der Waals surface area contributed by atoms with Crippen molar-refractivity contribution >= 4 is 22.6 Å². The van der Waals surface area contributed by atoms with Crippen LogP contribution in [0.15, 0.2) is 54.6 Å². The number of primary amides is 1. The Balaban J connectivity index is 1.46. The molecule has 1 heterocycles. The second kappa shape index (κ2) is 9.98. The molecule has 0 spiro atoms. The van der Waals surface area contributed by atoms with Crippen LogP contribution in [0.1, 0.15) is 73.0 Å². The number of ether oxygens (including phenoxy) is 2. The molecule has 0 radical (unpaired) electrons. The summed E-state index contributed by atoms with van der Waals surface area (Å²) >= 11 is 0. The lowest BCUT2D eigenvalue weighted by atomic mass is 9.97. The Bertz CT molecular complexity index is 1250. The molecular weight excluding hydrogens is 440 g/mol. The van der Waals surface area contributed by atoms with Crippen molar-refractivity contribution in [1.82, 2.24) is 4.90 Å². The van der Waals surface area contributed by atoms with E-state index >= 15 is 0 Å². The first-order chi connectivity index (χ1) is 17.0. The van der Waals surface area contributed by atoms with E-state index in [2.05, 4.69) is 6.07 Å². The smallest absolute Gasteiger partial charge is 0.255 e. The molecule has 0 aromatic heterocycles. The minimum atomic E-state index is -0.488. The van der Waals surface area contributed by atoms with Crippen LogP contribution in [0, 0.1) is 0 Å². The van der Waals surface area contributed by atoms with E-state index < -0.39 is 11.9 Å². The van der Waals surface area contributed by atoms with Crippen molar-refractivity contribution in [2.45, 2.75) is 64.1 Å². The van der Waals surface area contributed by atoms with E-state index in [9.17, 15) is 9.59 Å². The molecule has 1 fully saturated rings. The van der Waals surface area contributed by atoms with Crippen molar-refractivity contribution in [2.24, 2.45) is 5.73 Å². The largest absolute Gasteiger partial charge is 0.490 e. The van der Waals surface area contributed by atoms with Gasteiger partial charge in [-0.3, -0.25) is 9.59 Å². The highest BCUT2D eigenvalue weighted by atomic mass is 16.5. The highest BCUT2D eigenvalue weighted by molar-refractivity contribution is 6.03. The molecule has 2 N–H and O–H groups in total. The summed E-state index contributed by atoms with van der Waals surface area (Å²) in [5.74, 6) is 0.810. The fraction of sp³-hybridized carbons (Fsp3) is 0.379. The Morgan fingerprint density at radius 3 is 2.49 bits per heavy atom. The number of hydrogen-bond donors (Lipinski definition) is 1. The first-order valence-corrected chi connectivity index (χ1v) is 12.6. The molecular formula is C29H32N2O4. The first kappa shape index (κ1) is 23.2. The minimum Gasteiger partial charge on any atom is -0.490 e. The summed E-state index contributed by atoms with van der Waals surface area (Å²) in [6.45, 7) is 2.86. The Morgan fingerprint density at radius 2 is 1.77 bits per heavy atom. The number of rotatable bonds is 8. The zero-order chi connectivity index (χ0) is 24.4. The van der Waals surface area contributed by atoms with Gasteiger partial charge in [0.2, 0.25) is 5.91 Å². The fourth-order valence-corrected chi connectivity index (χ4v) is 5.34. The van der Waals surface area contributed by atoms with Gasteiger partial charge < -0.3 is 20.1 Å². The van der Waals surface area contributed by atoms with Gasteiger partial charge in [0.1, 0.15) is 0 Å². The van der Waals surface area contributed by atoms with Gasteiger partial charge in [-0.1, -0.05) is 36.8 Å². The average molecular weight is 473 g/mol. The van der Waals surface area contributed by atoms with Gasteiger partial charge in [0.25, 0.3) is 5.91 Å². The zero-order valence-corrected chi connectivity index (χ0v) is 20.2. The normalized spacial score (nSPS) is 16.8. The third kappa shape index (κ3) is 4.83. The Morgan fingerprint density at radius 1 is 1.03 bits per heavy atom. The van der Waals surface area contributed by atoms with E-state index in [-0.39, 0.29) is 18.4 Å². The van der Waals surface area contributed by atoms with Gasteiger partial charge >= 0.3 is 0 Å². The number of carbonyl (C=O) groups is 2. The predicted octanol–water partition coefficient (Wildman–Crippen LogP) is 5.52. The van der Waals surface area contributed by atoms with Crippen molar-refractivity contribution in [3.63, 3.8) is 0 Å². The molecule has 1 aliphatic heterocycles. The lowest BCUT2D eigenvalue weighted by Crippen LogP contribution is -2.32. The predicted molar refractivity (Wildman–Crippen MR) is 135 cm³/mol. The summed E-state index contributed by atoms with van der Waals surface area (Å²) in [5.41, 5.74) is 8.11. The molecule has 35 heavy (non-hydrogen) atoms. The standard InChI is InChI=1S/C29H32N2O4/c1-2-34-27-16-21(12-13-26(27)35-23-10-4-3-5-11-23)25(17-28(30)32)31-18-22-14-19-8-6-7-9-20(19)15-24(22)29(31)33/h6-9,12-16,23,25H,2-5,10-11,17-18H2,1H3,(H2,30,32). The van der Waals surface area contributed by atoms with Gasteiger partial charge in [0.05, 0.1) is 25.2 Å². The van der Waals surface area contributed by atoms with Gasteiger partial charge in [-0.05, 0) is 78.8 Å². The van der Waals surface area contributed by atoms with E-state index in [1.165, 1.54) is 19.3 Å². The van der Waals surface area contributed by atoms with Crippen LogP contribution >= 0.6 is 0 Å². The summed E-state index contributed by atoms with van der Waals surface area (Å²) in [7, 11) is 0. The van der Waals surface area contributed by atoms with Crippen LogP contribution in [-0.2, 0) is 11.3 Å². The summed E-state index contributed by atoms with van der Waals surface area (Å²) in [5, 5.41) is 2.12. The van der Waals surface area contributed by atoms with Crippen LogP contribution in [0.25, 0.3) is 10.8 Å². The van der Waals surface area contributed by atoms with Crippen LogP contribution < -0.4 is 15.2 Å². The number of benzene rings is 3. The molecule has 6 heteroatoms. The summed E-state index contributed by atoms with van der Waals surface area (Å²) < 4.78 is 12.2. The second-order valence-corrected chi connectivity index (χ2v) is 9.49. The number of nitrogens with two attached hydrogens (primary N) is 1. The molecule has 1 atom stereocenters. The van der Waals surface area contributed by atoms with Crippen molar-refractivity contribution in [1.29, 1.82) is 0 Å². The fourth-order valence-electron chi connectivity index (χ4n) is 5.34. The molecule has 1 aliphatic carbocycles. The molecule has 0 saturated heterocycles. The van der Waals surface area contributed by atoms with Crippen LogP contribution in [0.2, 0.25) is 0 Å². The molecule has 1 unspecified atom stereocenters. The van der Waals surface area contributed by atoms with E-state index in [1.807, 2.05) is 55.5 Å². The Hall–Kier alpha value is -3.54. The molecule has 1 saturated carbocycles. The lowest BCUT2D eigenvalue weighted by molar-refractivity contribution is -0.119. The maximum atomic E-state index is 13.5. The number of fused-ring (bicyclic) bond motifs is 2. The highest BCUT2D eigenvalue weighted by Crippen LogP contribution is 2.39. The molecule has 0 bridgehead atoms. The van der Waals surface area contributed by atoms with Gasteiger partial charge in [0, 0.05) is 12.1 Å². The maximum absolute atomic E-state index is 13.5. The van der Waals surface area contributed by atoms with E-state index in [4.69, 9.17) is 15.2 Å².